The molecule has 0 aliphatic heterocycles. The first-order chi connectivity index (χ1) is 20.6. The van der Waals surface area contributed by atoms with Crippen molar-refractivity contribution in [2.75, 3.05) is 7.11 Å². The van der Waals surface area contributed by atoms with Crippen molar-refractivity contribution in [2.45, 2.75) is 131 Å². The summed E-state index contributed by atoms with van der Waals surface area (Å²) in [6, 6.07) is 4.44. The molecule has 0 amide bonds. The molecule has 3 nitrogen and oxygen atoms in total. The van der Waals surface area contributed by atoms with E-state index in [4.69, 9.17) is 9.72 Å². The zero-order valence-corrected chi connectivity index (χ0v) is 28.8. The van der Waals surface area contributed by atoms with Gasteiger partial charge < -0.3 is 4.74 Å². The van der Waals surface area contributed by atoms with Crippen molar-refractivity contribution in [1.29, 1.82) is 0 Å². The molecule has 0 N–H and O–H groups in total. The van der Waals surface area contributed by atoms with Crippen LogP contribution in [-0.4, -0.2) is 24.0 Å². The van der Waals surface area contributed by atoms with E-state index >= 15 is 0 Å². The number of aromatic nitrogens is 1. The van der Waals surface area contributed by atoms with Crippen LogP contribution in [0.4, 0.5) is 0 Å². The van der Waals surface area contributed by atoms with Gasteiger partial charge in [0.1, 0.15) is 0 Å². The Morgan fingerprint density at radius 2 is 1.72 bits per heavy atom. The Bertz CT molecular complexity index is 1150. The number of nitrogens with zero attached hydrogens (tertiary/aromatic N) is 1. The lowest BCUT2D eigenvalue weighted by atomic mass is 9.78. The van der Waals surface area contributed by atoms with Gasteiger partial charge in [-0.05, 0) is 66.7 Å². The molecule has 0 bridgehead atoms. The van der Waals surface area contributed by atoms with Gasteiger partial charge in [-0.2, -0.15) is 0 Å². The summed E-state index contributed by atoms with van der Waals surface area (Å²) < 4.78 is 5.99. The Kier molecular flexibility index (Phi) is 13.7. The van der Waals surface area contributed by atoms with Crippen LogP contribution in [0.2, 0.25) is 0 Å². The Balaban J connectivity index is 1.89. The van der Waals surface area contributed by atoms with E-state index in [0.29, 0.717) is 23.7 Å². The first kappa shape index (κ1) is 35.2. The molecule has 3 rings (SSSR count). The molecule has 0 spiro atoms. The third kappa shape index (κ3) is 8.47. The highest BCUT2D eigenvalue weighted by Crippen LogP contribution is 2.42. The van der Waals surface area contributed by atoms with Crippen LogP contribution in [0.1, 0.15) is 141 Å². The zero-order valence-electron chi connectivity index (χ0n) is 28.8. The van der Waals surface area contributed by atoms with Crippen LogP contribution in [0.5, 0.6) is 0 Å². The molecule has 0 radical (unpaired) electrons. The molecule has 3 heteroatoms. The van der Waals surface area contributed by atoms with Crippen LogP contribution >= 0.6 is 0 Å². The molecular formula is C40H61NO2. The number of unbranched alkanes of at least 4 members (excludes halogenated alkanes) is 1. The highest BCUT2D eigenvalue weighted by atomic mass is 16.5. The van der Waals surface area contributed by atoms with Crippen molar-refractivity contribution in [3.63, 3.8) is 0 Å². The van der Waals surface area contributed by atoms with E-state index < -0.39 is 0 Å². The van der Waals surface area contributed by atoms with Crippen molar-refractivity contribution < 1.29 is 9.53 Å². The number of ether oxygens (including phenoxy) is 1. The van der Waals surface area contributed by atoms with Crippen molar-refractivity contribution >= 4 is 11.4 Å². The monoisotopic (exact) mass is 587 g/mol. The second-order valence-electron chi connectivity index (χ2n) is 13.7. The normalized spacial score (nSPS) is 22.5. The van der Waals surface area contributed by atoms with Gasteiger partial charge in [0.2, 0.25) is 0 Å². The number of Topliss-reactive ketones (excluding diaryl/α,β-unsaturated/α-hetero) is 1. The minimum atomic E-state index is -0.245. The molecule has 1 saturated carbocycles. The molecule has 43 heavy (non-hydrogen) atoms. The predicted octanol–water partition coefficient (Wildman–Crippen LogP) is 11.0. The van der Waals surface area contributed by atoms with Crippen LogP contribution in [0.15, 0.2) is 54.7 Å². The molecule has 1 aromatic rings. The molecule has 7 atom stereocenters. The van der Waals surface area contributed by atoms with Gasteiger partial charge in [0.15, 0.2) is 5.78 Å². The summed E-state index contributed by atoms with van der Waals surface area (Å²) in [5.74, 6) is 2.43. The molecule has 2 aliphatic rings. The average molecular weight is 588 g/mol. The quantitative estimate of drug-likeness (QED) is 0.170. The lowest BCUT2D eigenvalue weighted by Gasteiger charge is -2.30. The van der Waals surface area contributed by atoms with Crippen LogP contribution in [0, 0.1) is 29.6 Å². The van der Waals surface area contributed by atoms with Gasteiger partial charge in [-0.25, -0.2) is 0 Å². The van der Waals surface area contributed by atoms with E-state index in [1.807, 2.05) is 12.2 Å². The van der Waals surface area contributed by atoms with Gasteiger partial charge in [-0.15, -0.1) is 0 Å². The lowest BCUT2D eigenvalue weighted by molar-refractivity contribution is -0.120. The number of carbonyl (C=O) groups is 1. The molecule has 238 valence electrons. The molecular weight excluding hydrogens is 526 g/mol. The van der Waals surface area contributed by atoms with Gasteiger partial charge in [0.25, 0.3) is 0 Å². The molecule has 1 heterocycles. The average Bonchev–Trinajstić information content (AvgIpc) is 3.59. The first-order valence-electron chi connectivity index (χ1n) is 17.4. The number of hydrogen-bond acceptors (Lipinski definition) is 3. The summed E-state index contributed by atoms with van der Waals surface area (Å²) in [4.78, 5) is 19.0. The lowest BCUT2D eigenvalue weighted by Crippen LogP contribution is -2.28. The molecule has 2 aliphatic carbocycles. The van der Waals surface area contributed by atoms with E-state index in [9.17, 15) is 4.79 Å². The largest absolute Gasteiger partial charge is 0.376 e. The van der Waals surface area contributed by atoms with E-state index in [1.54, 1.807) is 7.11 Å². The van der Waals surface area contributed by atoms with Crippen LogP contribution in [0.3, 0.4) is 0 Å². The first-order valence-corrected chi connectivity index (χ1v) is 17.4. The molecule has 0 saturated heterocycles. The van der Waals surface area contributed by atoms with Crippen LogP contribution in [-0.2, 0) is 9.53 Å². The van der Waals surface area contributed by atoms with E-state index in [2.05, 4.69) is 79.8 Å². The Morgan fingerprint density at radius 1 is 1.02 bits per heavy atom. The zero-order chi connectivity index (χ0) is 31.7. The van der Waals surface area contributed by atoms with Crippen molar-refractivity contribution in [3.8, 4) is 0 Å². The number of ketones is 1. The Morgan fingerprint density at radius 3 is 2.33 bits per heavy atom. The van der Waals surface area contributed by atoms with Gasteiger partial charge in [-0.1, -0.05) is 124 Å². The number of allylic oxidation sites excluding steroid dienone is 3. The van der Waals surface area contributed by atoms with E-state index in [1.165, 1.54) is 55.4 Å². The van der Waals surface area contributed by atoms with E-state index in [-0.39, 0.29) is 29.6 Å². The summed E-state index contributed by atoms with van der Waals surface area (Å²) >= 11 is 0. The minimum Gasteiger partial charge on any atom is -0.376 e. The number of hydrogen-bond donors (Lipinski definition) is 0. The topological polar surface area (TPSA) is 39.2 Å². The molecule has 7 unspecified atom stereocenters. The summed E-state index contributed by atoms with van der Waals surface area (Å²) in [5.41, 5.74) is 6.47. The Hall–Kier alpha value is -2.26. The van der Waals surface area contributed by atoms with Gasteiger partial charge in [-0.3, -0.25) is 9.78 Å². The van der Waals surface area contributed by atoms with Crippen molar-refractivity contribution in [3.05, 3.63) is 71.6 Å². The Labute approximate surface area is 264 Å². The maximum atomic E-state index is 13.6. The maximum Gasteiger partial charge on any atom is 0.165 e. The maximum absolute atomic E-state index is 13.6. The van der Waals surface area contributed by atoms with Crippen molar-refractivity contribution in [1.82, 2.24) is 4.98 Å². The standard InChI is InChI=1S/C40H61NO2/c1-11-14-18-32(17-12-2)30(8)40(42)34-21-22-35(38(25-34)43-10)31(9)37-24-23-36(28(6)27(5)26(4)13-3)39(41-37)29(7)33-19-15-16-20-33/h21-26,28-30,32-33,35,38H,5,9,11-20H2,1-4,6-8,10H3. The highest BCUT2D eigenvalue weighted by molar-refractivity contribution is 6.00. The van der Waals surface area contributed by atoms with Gasteiger partial charge >= 0.3 is 0 Å². The summed E-state index contributed by atoms with van der Waals surface area (Å²) in [6.45, 7) is 24.8. The number of carbonyl (C=O) groups excluding carboxylic acids is 1. The second-order valence-corrected chi connectivity index (χ2v) is 13.7. The number of pyridine rings is 1. The third-order valence-electron chi connectivity index (χ3n) is 10.9. The SMILES string of the molecule is C=C(C(C)CC)C(C)c1ccc(C(=C)C2C=CC(C(=O)C(C)C(CCC)CCCC)=CC2OC)nc1C(C)C1CCCC1. The van der Waals surface area contributed by atoms with Gasteiger partial charge in [0, 0.05) is 42.0 Å². The fourth-order valence-electron chi connectivity index (χ4n) is 7.44. The highest BCUT2D eigenvalue weighted by Gasteiger charge is 2.32. The number of methoxy groups -OCH3 is 1. The second kappa shape index (κ2) is 16.7. The van der Waals surface area contributed by atoms with Crippen molar-refractivity contribution in [2.24, 2.45) is 29.6 Å². The van der Waals surface area contributed by atoms with Gasteiger partial charge in [0.05, 0.1) is 11.8 Å². The van der Waals surface area contributed by atoms with E-state index in [0.717, 1.165) is 42.5 Å². The minimum absolute atomic E-state index is 0.0145. The third-order valence-corrected chi connectivity index (χ3v) is 10.9. The number of rotatable bonds is 17. The summed E-state index contributed by atoms with van der Waals surface area (Å²) in [6.07, 6.45) is 17.9. The fourth-order valence-corrected chi connectivity index (χ4v) is 7.44. The summed E-state index contributed by atoms with van der Waals surface area (Å²) in [5, 5.41) is 0. The summed E-state index contributed by atoms with van der Waals surface area (Å²) in [7, 11) is 1.74. The molecule has 0 aromatic carbocycles. The van der Waals surface area contributed by atoms with Crippen LogP contribution in [0.25, 0.3) is 5.57 Å². The van der Waals surface area contributed by atoms with Crippen LogP contribution < -0.4 is 0 Å². The molecule has 1 fully saturated rings. The molecule has 1 aromatic heterocycles. The smallest absolute Gasteiger partial charge is 0.165 e. The fraction of sp³-hybridized carbons (Fsp3) is 0.650. The predicted molar refractivity (Wildman–Crippen MR) is 184 cm³/mol.